The van der Waals surface area contributed by atoms with Gasteiger partial charge < -0.3 is 0 Å². The normalized spacial score (nSPS) is 29.1. The number of aromatic nitrogens is 2. The van der Waals surface area contributed by atoms with Crippen molar-refractivity contribution in [1.29, 1.82) is 0 Å². The van der Waals surface area contributed by atoms with Gasteiger partial charge in [-0.25, -0.2) is 9.07 Å². The Morgan fingerprint density at radius 3 is 2.85 bits per heavy atom. The number of nitrogens with zero attached hydrogens (tertiary/aromatic N) is 2. The van der Waals surface area contributed by atoms with Crippen molar-refractivity contribution in [3.63, 3.8) is 0 Å². The summed E-state index contributed by atoms with van der Waals surface area (Å²) >= 11 is 5.87. The van der Waals surface area contributed by atoms with Gasteiger partial charge in [-0.3, -0.25) is 0 Å². The summed E-state index contributed by atoms with van der Waals surface area (Å²) in [6.45, 7) is 0. The number of hydrogen-bond donors (Lipinski definition) is 0. The molecule has 13 heavy (non-hydrogen) atoms. The highest BCUT2D eigenvalue weighted by atomic mass is 35.5. The minimum Gasteiger partial charge on any atom is -0.248 e. The summed E-state index contributed by atoms with van der Waals surface area (Å²) in [5.41, 5.74) is 0. The summed E-state index contributed by atoms with van der Waals surface area (Å²) in [6, 6.07) is 1.55. The third kappa shape index (κ3) is 1.70. The molecule has 72 valence electrons. The van der Waals surface area contributed by atoms with Crippen LogP contribution in [0.25, 0.3) is 0 Å². The van der Waals surface area contributed by atoms with Crippen LogP contribution in [0.3, 0.4) is 0 Å². The van der Waals surface area contributed by atoms with Crippen molar-refractivity contribution in [2.45, 2.75) is 37.9 Å². The summed E-state index contributed by atoms with van der Waals surface area (Å²) in [7, 11) is 0. The van der Waals surface area contributed by atoms with E-state index in [0.29, 0.717) is 11.6 Å². The van der Waals surface area contributed by atoms with Crippen molar-refractivity contribution >= 4 is 11.6 Å². The molecule has 0 aliphatic heterocycles. The topological polar surface area (TPSA) is 17.8 Å². The monoisotopic (exact) mass is 202 g/mol. The molecule has 2 nitrogen and oxygen atoms in total. The second-order valence-corrected chi connectivity index (χ2v) is 3.85. The predicted molar refractivity (Wildman–Crippen MR) is 49.6 cm³/mol. The lowest BCUT2D eigenvalue weighted by molar-refractivity contribution is 0.160. The average Bonchev–Trinajstić information content (AvgIpc) is 2.52. The van der Waals surface area contributed by atoms with Crippen molar-refractivity contribution in [2.24, 2.45) is 0 Å². The van der Waals surface area contributed by atoms with Crippen molar-refractivity contribution in [2.75, 3.05) is 0 Å². The second-order valence-electron chi connectivity index (χ2n) is 3.47. The Balaban J connectivity index is 2.19. The summed E-state index contributed by atoms with van der Waals surface area (Å²) < 4.78 is 15.1. The maximum absolute atomic E-state index is 13.5. The Morgan fingerprint density at radius 2 is 2.23 bits per heavy atom. The fraction of sp³-hybridized carbons (Fsp3) is 0.667. The van der Waals surface area contributed by atoms with Crippen LogP contribution in [0.2, 0.25) is 5.15 Å². The molecule has 2 unspecified atom stereocenters. The first kappa shape index (κ1) is 9.00. The smallest absolute Gasteiger partial charge is 0.127 e. The van der Waals surface area contributed by atoms with E-state index in [1.807, 2.05) is 0 Å². The molecule has 2 atom stereocenters. The van der Waals surface area contributed by atoms with Crippen molar-refractivity contribution in [1.82, 2.24) is 9.78 Å². The summed E-state index contributed by atoms with van der Waals surface area (Å²) in [6.07, 6.45) is 4.37. The fourth-order valence-electron chi connectivity index (χ4n) is 1.88. The van der Waals surface area contributed by atoms with Crippen molar-refractivity contribution < 1.29 is 4.39 Å². The minimum absolute atomic E-state index is 0.142. The van der Waals surface area contributed by atoms with E-state index in [2.05, 4.69) is 5.10 Å². The van der Waals surface area contributed by atoms with E-state index in [1.165, 1.54) is 0 Å². The maximum Gasteiger partial charge on any atom is 0.127 e. The molecule has 4 heteroatoms. The average molecular weight is 203 g/mol. The van der Waals surface area contributed by atoms with Gasteiger partial charge >= 0.3 is 0 Å². The van der Waals surface area contributed by atoms with Gasteiger partial charge in [0.25, 0.3) is 0 Å². The summed E-state index contributed by atoms with van der Waals surface area (Å²) in [5, 5.41) is 4.57. The number of hydrogen-bond acceptors (Lipinski definition) is 1. The van der Waals surface area contributed by atoms with Gasteiger partial charge in [-0.1, -0.05) is 24.4 Å². The van der Waals surface area contributed by atoms with E-state index < -0.39 is 6.17 Å². The van der Waals surface area contributed by atoms with Crippen LogP contribution in [0.1, 0.15) is 31.7 Å². The van der Waals surface area contributed by atoms with E-state index >= 15 is 0 Å². The van der Waals surface area contributed by atoms with Crippen LogP contribution in [0.5, 0.6) is 0 Å². The quantitative estimate of drug-likeness (QED) is 0.685. The molecule has 1 fully saturated rings. The molecule has 1 aliphatic carbocycles. The fourth-order valence-corrected chi connectivity index (χ4v) is 2.11. The van der Waals surface area contributed by atoms with Crippen LogP contribution < -0.4 is 0 Å². The Hall–Kier alpha value is -0.570. The third-order valence-electron chi connectivity index (χ3n) is 2.58. The molecule has 1 aromatic heterocycles. The van der Waals surface area contributed by atoms with Gasteiger partial charge in [0.05, 0.1) is 12.2 Å². The highest BCUT2D eigenvalue weighted by Crippen LogP contribution is 2.32. The summed E-state index contributed by atoms with van der Waals surface area (Å²) in [4.78, 5) is 0. The molecule has 0 radical (unpaired) electrons. The van der Waals surface area contributed by atoms with Gasteiger partial charge in [0, 0.05) is 0 Å². The number of rotatable bonds is 1. The predicted octanol–water partition coefficient (Wildman–Crippen LogP) is 2.99. The molecule has 0 N–H and O–H groups in total. The standard InChI is InChI=1S/C9H12ClFN2/c10-9-5-6-12-13(9)8-4-2-1-3-7(8)11/h5-8H,1-4H2. The first-order valence-corrected chi connectivity index (χ1v) is 5.00. The Labute approximate surface area is 81.7 Å². The summed E-state index contributed by atoms with van der Waals surface area (Å²) in [5.74, 6) is 0. The van der Waals surface area contributed by atoms with Crippen LogP contribution in [0.15, 0.2) is 12.3 Å². The van der Waals surface area contributed by atoms with Crippen molar-refractivity contribution in [3.05, 3.63) is 17.4 Å². The molecule has 1 aliphatic rings. The first-order valence-electron chi connectivity index (χ1n) is 4.62. The third-order valence-corrected chi connectivity index (χ3v) is 2.88. The SMILES string of the molecule is FC1CCCCC1n1nccc1Cl. The van der Waals surface area contributed by atoms with Gasteiger partial charge in [0.15, 0.2) is 0 Å². The molecule has 1 aromatic rings. The van der Waals surface area contributed by atoms with Crippen LogP contribution in [-0.4, -0.2) is 16.0 Å². The lowest BCUT2D eigenvalue weighted by Gasteiger charge is -2.26. The highest BCUT2D eigenvalue weighted by molar-refractivity contribution is 6.29. The zero-order valence-electron chi connectivity index (χ0n) is 7.29. The molecule has 0 bridgehead atoms. The molecule has 2 rings (SSSR count). The van der Waals surface area contributed by atoms with Crippen molar-refractivity contribution in [3.8, 4) is 0 Å². The number of alkyl halides is 1. The molecule has 1 heterocycles. The Kier molecular flexibility index (Phi) is 2.54. The van der Waals surface area contributed by atoms with E-state index in [1.54, 1.807) is 16.9 Å². The maximum atomic E-state index is 13.5. The number of halogens is 2. The molecule has 0 amide bonds. The molecule has 0 aromatic carbocycles. The highest BCUT2D eigenvalue weighted by Gasteiger charge is 2.27. The van der Waals surface area contributed by atoms with Gasteiger partial charge in [-0.05, 0) is 18.9 Å². The van der Waals surface area contributed by atoms with Crippen LogP contribution >= 0.6 is 11.6 Å². The molecule has 0 spiro atoms. The Morgan fingerprint density at radius 1 is 1.46 bits per heavy atom. The van der Waals surface area contributed by atoms with Gasteiger partial charge in [0.2, 0.25) is 0 Å². The zero-order chi connectivity index (χ0) is 9.26. The first-order chi connectivity index (χ1) is 6.29. The molecule has 0 saturated heterocycles. The molecular weight excluding hydrogens is 191 g/mol. The van der Waals surface area contributed by atoms with E-state index in [4.69, 9.17) is 11.6 Å². The van der Waals surface area contributed by atoms with Gasteiger partial charge in [0.1, 0.15) is 11.3 Å². The largest absolute Gasteiger partial charge is 0.248 e. The van der Waals surface area contributed by atoms with E-state index in [9.17, 15) is 4.39 Å². The van der Waals surface area contributed by atoms with Crippen LogP contribution in [0.4, 0.5) is 4.39 Å². The van der Waals surface area contributed by atoms with E-state index in [-0.39, 0.29) is 6.04 Å². The second kappa shape index (κ2) is 3.66. The lowest BCUT2D eigenvalue weighted by atomic mass is 9.94. The molecular formula is C9H12ClFN2. The lowest BCUT2D eigenvalue weighted by Crippen LogP contribution is -2.25. The van der Waals surface area contributed by atoms with Gasteiger partial charge in [-0.2, -0.15) is 5.10 Å². The zero-order valence-corrected chi connectivity index (χ0v) is 8.04. The minimum atomic E-state index is -0.786. The molecule has 1 saturated carbocycles. The van der Waals surface area contributed by atoms with Crippen LogP contribution in [0, 0.1) is 0 Å². The Bertz CT molecular complexity index is 287. The van der Waals surface area contributed by atoms with Crippen LogP contribution in [-0.2, 0) is 0 Å². The van der Waals surface area contributed by atoms with E-state index in [0.717, 1.165) is 19.3 Å². The van der Waals surface area contributed by atoms with Gasteiger partial charge in [-0.15, -0.1) is 0 Å².